The Bertz CT molecular complexity index is 325. The van der Waals surface area contributed by atoms with Gasteiger partial charge in [-0.3, -0.25) is 0 Å². The zero-order valence-electron chi connectivity index (χ0n) is 10.3. The molecule has 1 rings (SSSR count). The minimum Gasteiger partial charge on any atom is -0.379 e. The summed E-state index contributed by atoms with van der Waals surface area (Å²) in [6, 6.07) is 4.69. The van der Waals surface area contributed by atoms with Crippen LogP contribution >= 0.6 is 27.3 Å². The van der Waals surface area contributed by atoms with Gasteiger partial charge in [0, 0.05) is 24.6 Å². The van der Waals surface area contributed by atoms with E-state index in [1.165, 1.54) is 8.66 Å². The van der Waals surface area contributed by atoms with Crippen LogP contribution in [0.1, 0.15) is 32.1 Å². The Hall–Kier alpha value is 0.1000. The third kappa shape index (κ3) is 4.95. The van der Waals surface area contributed by atoms with Crippen molar-refractivity contribution in [3.05, 3.63) is 20.8 Å². The first-order valence-electron chi connectivity index (χ1n) is 5.46. The molecular formula is C12H20BrNOS. The van der Waals surface area contributed by atoms with Gasteiger partial charge in [0.2, 0.25) is 0 Å². The van der Waals surface area contributed by atoms with E-state index < -0.39 is 0 Å². The van der Waals surface area contributed by atoms with Crippen LogP contribution in [0.3, 0.4) is 0 Å². The molecule has 2 nitrogen and oxygen atoms in total. The lowest BCUT2D eigenvalue weighted by atomic mass is 10.00. The van der Waals surface area contributed by atoms with Crippen LogP contribution < -0.4 is 5.32 Å². The van der Waals surface area contributed by atoms with Crippen LogP contribution in [0.15, 0.2) is 15.9 Å². The summed E-state index contributed by atoms with van der Waals surface area (Å²) in [7, 11) is 1.77. The van der Waals surface area contributed by atoms with Gasteiger partial charge in [-0.2, -0.15) is 0 Å². The van der Waals surface area contributed by atoms with E-state index in [4.69, 9.17) is 4.74 Å². The average Bonchev–Trinajstić information content (AvgIpc) is 2.61. The fourth-order valence-electron chi connectivity index (χ4n) is 1.61. The molecule has 0 aliphatic heterocycles. The zero-order chi connectivity index (χ0) is 12.2. The molecule has 16 heavy (non-hydrogen) atoms. The lowest BCUT2D eigenvalue weighted by Gasteiger charge is -2.27. The second-order valence-corrected chi connectivity index (χ2v) is 7.20. The van der Waals surface area contributed by atoms with Gasteiger partial charge in [0.05, 0.1) is 9.39 Å². The van der Waals surface area contributed by atoms with Gasteiger partial charge in [0.1, 0.15) is 0 Å². The maximum atomic E-state index is 5.42. The Balaban J connectivity index is 2.33. The predicted molar refractivity (Wildman–Crippen MR) is 74.0 cm³/mol. The number of rotatable bonds is 6. The highest BCUT2D eigenvalue weighted by Crippen LogP contribution is 2.22. The van der Waals surface area contributed by atoms with Crippen LogP contribution in [0.2, 0.25) is 0 Å². The van der Waals surface area contributed by atoms with Crippen molar-refractivity contribution in [3.8, 4) is 0 Å². The van der Waals surface area contributed by atoms with Crippen LogP contribution in [0.5, 0.6) is 0 Å². The maximum Gasteiger partial charge on any atom is 0.0701 e. The molecule has 1 N–H and O–H groups in total. The summed E-state index contributed by atoms with van der Waals surface area (Å²) in [4.78, 5) is 1.36. The number of halogens is 1. The van der Waals surface area contributed by atoms with E-state index in [0.717, 1.165) is 13.0 Å². The summed E-state index contributed by atoms with van der Waals surface area (Å²) in [5.41, 5.74) is -0.0531. The molecule has 1 aromatic heterocycles. The van der Waals surface area contributed by atoms with Crippen molar-refractivity contribution in [2.75, 3.05) is 7.11 Å². The summed E-state index contributed by atoms with van der Waals surface area (Å²) in [6.07, 6.45) is 1.01. The Morgan fingerprint density at radius 2 is 2.19 bits per heavy atom. The van der Waals surface area contributed by atoms with Crippen molar-refractivity contribution in [3.63, 3.8) is 0 Å². The first-order valence-corrected chi connectivity index (χ1v) is 7.06. The Labute approximate surface area is 111 Å². The molecule has 0 radical (unpaired) electrons. The summed E-state index contributed by atoms with van der Waals surface area (Å²) < 4.78 is 6.61. The van der Waals surface area contributed by atoms with E-state index in [-0.39, 0.29) is 5.60 Å². The zero-order valence-corrected chi connectivity index (χ0v) is 12.7. The van der Waals surface area contributed by atoms with Crippen LogP contribution in [0, 0.1) is 0 Å². The highest BCUT2D eigenvalue weighted by Gasteiger charge is 2.19. The van der Waals surface area contributed by atoms with Crippen molar-refractivity contribution in [1.82, 2.24) is 5.32 Å². The number of nitrogens with one attached hydrogen (secondary N) is 1. The SMILES string of the molecule is COC(C)(C)CC(C)NCc1ccc(Br)s1. The molecule has 92 valence electrons. The Morgan fingerprint density at radius 3 is 2.69 bits per heavy atom. The van der Waals surface area contributed by atoms with E-state index in [1.807, 2.05) is 0 Å². The van der Waals surface area contributed by atoms with Crippen molar-refractivity contribution in [1.29, 1.82) is 0 Å². The summed E-state index contributed by atoms with van der Waals surface area (Å²) in [5, 5.41) is 3.51. The van der Waals surface area contributed by atoms with E-state index in [2.05, 4.69) is 54.2 Å². The molecule has 0 saturated carbocycles. The smallest absolute Gasteiger partial charge is 0.0701 e. The molecule has 4 heteroatoms. The first kappa shape index (κ1) is 14.2. The quantitative estimate of drug-likeness (QED) is 0.863. The first-order chi connectivity index (χ1) is 7.43. The third-order valence-corrected chi connectivity index (χ3v) is 4.23. The summed E-state index contributed by atoms with van der Waals surface area (Å²) >= 11 is 5.25. The lowest BCUT2D eigenvalue weighted by Crippen LogP contribution is -2.35. The third-order valence-electron chi connectivity index (χ3n) is 2.60. The molecule has 0 aliphatic rings. The number of hydrogen-bond acceptors (Lipinski definition) is 3. The van der Waals surface area contributed by atoms with Gasteiger partial charge in [0.25, 0.3) is 0 Å². The topological polar surface area (TPSA) is 21.3 Å². The monoisotopic (exact) mass is 305 g/mol. The van der Waals surface area contributed by atoms with Gasteiger partial charge in [0.15, 0.2) is 0 Å². The molecule has 1 heterocycles. The second kappa shape index (κ2) is 6.15. The van der Waals surface area contributed by atoms with Gasteiger partial charge >= 0.3 is 0 Å². The highest BCUT2D eigenvalue weighted by molar-refractivity contribution is 9.11. The van der Waals surface area contributed by atoms with E-state index in [0.29, 0.717) is 6.04 Å². The van der Waals surface area contributed by atoms with Gasteiger partial charge in [-0.1, -0.05) is 0 Å². The molecule has 0 fully saturated rings. The number of thiophene rings is 1. The van der Waals surface area contributed by atoms with Crippen molar-refractivity contribution in [2.24, 2.45) is 0 Å². The standard InChI is InChI=1S/C12H20BrNOS/c1-9(7-12(2,3)15-4)14-8-10-5-6-11(13)16-10/h5-6,9,14H,7-8H2,1-4H3. The van der Waals surface area contributed by atoms with Gasteiger partial charge in [-0.05, 0) is 55.3 Å². The summed E-state index contributed by atoms with van der Waals surface area (Å²) in [6.45, 7) is 7.36. The van der Waals surface area contributed by atoms with E-state index >= 15 is 0 Å². The Morgan fingerprint density at radius 1 is 1.50 bits per heavy atom. The van der Waals surface area contributed by atoms with Gasteiger partial charge in [-0.25, -0.2) is 0 Å². The second-order valence-electron chi connectivity index (χ2n) is 4.66. The molecule has 1 atom stereocenters. The van der Waals surface area contributed by atoms with E-state index in [1.54, 1.807) is 18.4 Å². The number of ether oxygens (including phenoxy) is 1. The van der Waals surface area contributed by atoms with Crippen LogP contribution in [0.25, 0.3) is 0 Å². The maximum absolute atomic E-state index is 5.42. The summed E-state index contributed by atoms with van der Waals surface area (Å²) in [5.74, 6) is 0. The number of methoxy groups -OCH3 is 1. The molecule has 0 aliphatic carbocycles. The molecular weight excluding hydrogens is 286 g/mol. The van der Waals surface area contributed by atoms with Crippen molar-refractivity contribution >= 4 is 27.3 Å². The minimum absolute atomic E-state index is 0.0531. The predicted octanol–water partition coefficient (Wildman–Crippen LogP) is 3.80. The highest BCUT2D eigenvalue weighted by atomic mass is 79.9. The Kier molecular flexibility index (Phi) is 5.44. The molecule has 0 saturated heterocycles. The van der Waals surface area contributed by atoms with Crippen LogP contribution in [-0.2, 0) is 11.3 Å². The van der Waals surface area contributed by atoms with Crippen molar-refractivity contribution < 1.29 is 4.74 Å². The molecule has 0 aromatic carbocycles. The number of hydrogen-bond donors (Lipinski definition) is 1. The van der Waals surface area contributed by atoms with Crippen molar-refractivity contribution in [2.45, 2.75) is 45.4 Å². The molecule has 1 aromatic rings. The van der Waals surface area contributed by atoms with E-state index in [9.17, 15) is 0 Å². The fourth-order valence-corrected chi connectivity index (χ4v) is 3.05. The molecule has 0 bridgehead atoms. The van der Waals surface area contributed by atoms with Gasteiger partial charge in [-0.15, -0.1) is 11.3 Å². The van der Waals surface area contributed by atoms with Crippen LogP contribution in [-0.4, -0.2) is 18.8 Å². The minimum atomic E-state index is -0.0531. The molecule has 0 spiro atoms. The molecule has 1 unspecified atom stereocenters. The lowest BCUT2D eigenvalue weighted by molar-refractivity contribution is 0.00847. The normalized spacial score (nSPS) is 14.1. The average molecular weight is 306 g/mol. The fraction of sp³-hybridized carbons (Fsp3) is 0.667. The molecule has 0 amide bonds. The van der Waals surface area contributed by atoms with Crippen LogP contribution in [0.4, 0.5) is 0 Å². The largest absolute Gasteiger partial charge is 0.379 e. The van der Waals surface area contributed by atoms with Gasteiger partial charge < -0.3 is 10.1 Å².